The molecule has 3 aromatic rings. The summed E-state index contributed by atoms with van der Waals surface area (Å²) in [5.74, 6) is 1.87. The molecule has 3 nitrogen and oxygen atoms in total. The minimum atomic E-state index is -0.222. The highest BCUT2D eigenvalue weighted by molar-refractivity contribution is 5.84. The zero-order chi connectivity index (χ0) is 18.8. The Bertz CT molecular complexity index is 906. The summed E-state index contributed by atoms with van der Waals surface area (Å²) in [6, 6.07) is 16.7. The number of ketones is 1. The van der Waals surface area contributed by atoms with Crippen LogP contribution in [0.5, 0.6) is 0 Å². The molecular weight excluding hydrogens is 320 g/mol. The average molecular weight is 348 g/mol. The topological polar surface area (TPSA) is 34.9 Å². The molecule has 0 bridgehead atoms. The van der Waals surface area contributed by atoms with Crippen molar-refractivity contribution in [2.24, 2.45) is 5.92 Å². The molecule has 0 saturated heterocycles. The second-order valence-corrected chi connectivity index (χ2v) is 7.68. The fourth-order valence-corrected chi connectivity index (χ4v) is 3.52. The number of nitrogens with zero attached hydrogens (tertiary/aromatic N) is 2. The summed E-state index contributed by atoms with van der Waals surface area (Å²) in [5, 5.41) is 0. The monoisotopic (exact) mass is 348 g/mol. The van der Waals surface area contributed by atoms with Gasteiger partial charge >= 0.3 is 0 Å². The van der Waals surface area contributed by atoms with Crippen LogP contribution in [0, 0.1) is 5.92 Å². The normalized spacial score (nSPS) is 13.9. The van der Waals surface area contributed by atoms with Crippen LogP contribution in [0.1, 0.15) is 63.5 Å². The number of benzene rings is 2. The number of Topliss-reactive ketones (excluding diaryl/α,β-unsaturated/α-hetero) is 1. The molecule has 2 unspecified atom stereocenters. The van der Waals surface area contributed by atoms with E-state index in [0.717, 1.165) is 23.3 Å². The molecule has 0 N–H and O–H groups in total. The van der Waals surface area contributed by atoms with E-state index < -0.39 is 0 Å². The molecule has 0 amide bonds. The van der Waals surface area contributed by atoms with Gasteiger partial charge in [-0.2, -0.15) is 0 Å². The maximum Gasteiger partial charge on any atom is 0.152 e. The lowest BCUT2D eigenvalue weighted by molar-refractivity contribution is -0.119. The van der Waals surface area contributed by atoms with Crippen LogP contribution in [-0.2, 0) is 11.2 Å². The Kier molecular flexibility index (Phi) is 5.26. The van der Waals surface area contributed by atoms with E-state index in [-0.39, 0.29) is 17.7 Å². The molecule has 0 fully saturated rings. The van der Waals surface area contributed by atoms with Crippen LogP contribution in [0.4, 0.5) is 0 Å². The van der Waals surface area contributed by atoms with Gasteiger partial charge in [0.25, 0.3) is 0 Å². The number of rotatable bonds is 6. The van der Waals surface area contributed by atoms with Crippen LogP contribution >= 0.6 is 0 Å². The van der Waals surface area contributed by atoms with E-state index in [2.05, 4.69) is 49.6 Å². The Morgan fingerprint density at radius 3 is 2.27 bits per heavy atom. The van der Waals surface area contributed by atoms with Crippen molar-refractivity contribution in [2.45, 2.75) is 53.0 Å². The predicted molar refractivity (Wildman–Crippen MR) is 108 cm³/mol. The number of hydrogen-bond donors (Lipinski definition) is 0. The maximum absolute atomic E-state index is 12.1. The molecule has 3 rings (SSSR count). The maximum atomic E-state index is 12.1. The summed E-state index contributed by atoms with van der Waals surface area (Å²) in [6.45, 7) is 10.2. The van der Waals surface area contributed by atoms with Crippen molar-refractivity contribution in [1.82, 2.24) is 9.55 Å². The van der Waals surface area contributed by atoms with Crippen molar-refractivity contribution >= 4 is 16.8 Å². The number of hydrogen-bond acceptors (Lipinski definition) is 2. The number of para-hydroxylation sites is 2. The predicted octanol–water partition coefficient (Wildman–Crippen LogP) is 5.54. The smallest absolute Gasteiger partial charge is 0.152 e. The van der Waals surface area contributed by atoms with Crippen molar-refractivity contribution in [3.8, 4) is 0 Å². The molecule has 2 atom stereocenters. The standard InChI is InChI=1S/C23H28N2O/c1-15(2)14-19-10-12-20(13-11-19)16(3)23-24-21-8-6-7-9-22(21)25(23)17(4)18(5)26/h6-13,15-17H,14H2,1-5H3. The van der Waals surface area contributed by atoms with Gasteiger partial charge in [-0.05, 0) is 49.4 Å². The zero-order valence-corrected chi connectivity index (χ0v) is 16.4. The van der Waals surface area contributed by atoms with Gasteiger partial charge in [-0.15, -0.1) is 0 Å². The highest BCUT2D eigenvalue weighted by Crippen LogP contribution is 2.30. The second-order valence-electron chi connectivity index (χ2n) is 7.68. The molecule has 0 aliphatic heterocycles. The van der Waals surface area contributed by atoms with Crippen LogP contribution in [-0.4, -0.2) is 15.3 Å². The number of imidazole rings is 1. The summed E-state index contributed by atoms with van der Waals surface area (Å²) in [4.78, 5) is 17.0. The van der Waals surface area contributed by atoms with Crippen molar-refractivity contribution in [3.63, 3.8) is 0 Å². The SMILES string of the molecule is CC(=O)C(C)n1c(C(C)c2ccc(CC(C)C)cc2)nc2ccccc21. The molecule has 1 heterocycles. The highest BCUT2D eigenvalue weighted by Gasteiger charge is 2.23. The van der Waals surface area contributed by atoms with Gasteiger partial charge < -0.3 is 4.57 Å². The first kappa shape index (κ1) is 18.4. The van der Waals surface area contributed by atoms with Gasteiger partial charge in [0.1, 0.15) is 5.82 Å². The van der Waals surface area contributed by atoms with Crippen molar-refractivity contribution in [1.29, 1.82) is 0 Å². The quantitative estimate of drug-likeness (QED) is 0.586. The molecule has 1 aromatic heterocycles. The van der Waals surface area contributed by atoms with Crippen molar-refractivity contribution in [3.05, 3.63) is 65.5 Å². The second kappa shape index (κ2) is 7.45. The van der Waals surface area contributed by atoms with Crippen LogP contribution in [0.25, 0.3) is 11.0 Å². The van der Waals surface area contributed by atoms with Crippen LogP contribution in [0.15, 0.2) is 48.5 Å². The first-order valence-electron chi connectivity index (χ1n) is 9.44. The van der Waals surface area contributed by atoms with Gasteiger partial charge in [-0.1, -0.05) is 57.2 Å². The lowest BCUT2D eigenvalue weighted by Gasteiger charge is -2.19. The third kappa shape index (κ3) is 3.57. The Balaban J connectivity index is 2.03. The van der Waals surface area contributed by atoms with E-state index >= 15 is 0 Å². The Morgan fingerprint density at radius 1 is 1.00 bits per heavy atom. The van der Waals surface area contributed by atoms with E-state index in [1.165, 1.54) is 11.1 Å². The molecule has 2 aromatic carbocycles. The third-order valence-electron chi connectivity index (χ3n) is 5.11. The molecule has 0 saturated carbocycles. The molecule has 0 aliphatic carbocycles. The first-order chi connectivity index (χ1) is 12.4. The van der Waals surface area contributed by atoms with Crippen LogP contribution in [0.3, 0.4) is 0 Å². The molecule has 136 valence electrons. The van der Waals surface area contributed by atoms with E-state index in [0.29, 0.717) is 5.92 Å². The average Bonchev–Trinajstić information content (AvgIpc) is 3.00. The molecule has 0 radical (unpaired) electrons. The van der Waals surface area contributed by atoms with Gasteiger partial charge in [0, 0.05) is 5.92 Å². The molecule has 3 heteroatoms. The minimum Gasteiger partial charge on any atom is -0.317 e. The summed E-state index contributed by atoms with van der Waals surface area (Å²) in [5.41, 5.74) is 4.55. The van der Waals surface area contributed by atoms with Gasteiger partial charge in [-0.25, -0.2) is 4.98 Å². The highest BCUT2D eigenvalue weighted by atomic mass is 16.1. The minimum absolute atomic E-state index is 0.123. The fraction of sp³-hybridized carbons (Fsp3) is 0.391. The molecular formula is C23H28N2O. The number of aromatic nitrogens is 2. The van der Waals surface area contributed by atoms with Gasteiger partial charge in [-0.3, -0.25) is 4.79 Å². The van der Waals surface area contributed by atoms with Gasteiger partial charge in [0.05, 0.1) is 17.1 Å². The lowest BCUT2D eigenvalue weighted by Crippen LogP contribution is -2.18. The summed E-state index contributed by atoms with van der Waals surface area (Å²) >= 11 is 0. The Labute approximate surface area is 156 Å². The van der Waals surface area contributed by atoms with E-state index in [9.17, 15) is 4.79 Å². The fourth-order valence-electron chi connectivity index (χ4n) is 3.52. The largest absolute Gasteiger partial charge is 0.317 e. The zero-order valence-electron chi connectivity index (χ0n) is 16.4. The van der Waals surface area contributed by atoms with Crippen LogP contribution < -0.4 is 0 Å². The Hall–Kier alpha value is -2.42. The van der Waals surface area contributed by atoms with Crippen LogP contribution in [0.2, 0.25) is 0 Å². The summed E-state index contributed by atoms with van der Waals surface area (Å²) in [6.07, 6.45) is 1.09. The lowest BCUT2D eigenvalue weighted by atomic mass is 9.96. The first-order valence-corrected chi connectivity index (χ1v) is 9.44. The molecule has 0 aliphatic rings. The molecule has 26 heavy (non-hydrogen) atoms. The number of carbonyl (C=O) groups excluding carboxylic acids is 1. The summed E-state index contributed by atoms with van der Waals surface area (Å²) < 4.78 is 2.10. The molecule has 0 spiro atoms. The number of fused-ring (bicyclic) bond motifs is 1. The Morgan fingerprint density at radius 2 is 1.65 bits per heavy atom. The van der Waals surface area contributed by atoms with E-state index in [1.807, 2.05) is 31.2 Å². The third-order valence-corrected chi connectivity index (χ3v) is 5.11. The van der Waals surface area contributed by atoms with Crippen molar-refractivity contribution < 1.29 is 4.79 Å². The number of carbonyl (C=O) groups is 1. The summed E-state index contributed by atoms with van der Waals surface area (Å²) in [7, 11) is 0. The van der Waals surface area contributed by atoms with Crippen molar-refractivity contribution in [2.75, 3.05) is 0 Å². The van der Waals surface area contributed by atoms with Gasteiger partial charge in [0.2, 0.25) is 0 Å². The van der Waals surface area contributed by atoms with E-state index in [4.69, 9.17) is 4.98 Å². The van der Waals surface area contributed by atoms with E-state index in [1.54, 1.807) is 6.92 Å². The van der Waals surface area contributed by atoms with Gasteiger partial charge in [0.15, 0.2) is 5.78 Å².